The van der Waals surface area contributed by atoms with Gasteiger partial charge >= 0.3 is 6.03 Å². The number of hydrogen-bond acceptors (Lipinski definition) is 3. The van der Waals surface area contributed by atoms with Crippen LogP contribution in [-0.4, -0.2) is 58.1 Å². The Labute approximate surface area is 171 Å². The molecule has 6 nitrogen and oxygen atoms in total. The summed E-state index contributed by atoms with van der Waals surface area (Å²) in [7, 11) is 0. The van der Waals surface area contributed by atoms with Crippen molar-refractivity contribution in [2.75, 3.05) is 32.7 Å². The number of piperazine rings is 1. The monoisotopic (exact) mass is 389 g/mol. The zero-order chi connectivity index (χ0) is 19.9. The number of imidazole rings is 1. The second kappa shape index (κ2) is 9.39. The number of hydrogen-bond donors (Lipinski definition) is 1. The van der Waals surface area contributed by atoms with E-state index in [2.05, 4.69) is 31.9 Å². The molecule has 1 fully saturated rings. The van der Waals surface area contributed by atoms with Gasteiger partial charge in [0.25, 0.3) is 0 Å². The van der Waals surface area contributed by atoms with Gasteiger partial charge in [-0.3, -0.25) is 4.90 Å². The Morgan fingerprint density at radius 1 is 0.897 bits per heavy atom. The highest BCUT2D eigenvalue weighted by Crippen LogP contribution is 2.16. The van der Waals surface area contributed by atoms with Gasteiger partial charge in [-0.2, -0.15) is 0 Å². The smallest absolute Gasteiger partial charge is 0.317 e. The highest BCUT2D eigenvalue weighted by molar-refractivity contribution is 5.74. The summed E-state index contributed by atoms with van der Waals surface area (Å²) in [4.78, 5) is 21.2. The predicted octanol–water partition coefficient (Wildman–Crippen LogP) is 3.08. The number of nitrogens with zero attached hydrogens (tertiary/aromatic N) is 4. The van der Waals surface area contributed by atoms with E-state index < -0.39 is 0 Å². The molecule has 0 aliphatic carbocycles. The first kappa shape index (κ1) is 19.2. The minimum Gasteiger partial charge on any atom is -0.334 e. The third-order valence-electron chi connectivity index (χ3n) is 5.35. The highest BCUT2D eigenvalue weighted by atomic mass is 16.2. The summed E-state index contributed by atoms with van der Waals surface area (Å²) in [5.41, 5.74) is 2.26. The van der Waals surface area contributed by atoms with Gasteiger partial charge < -0.3 is 14.8 Å². The summed E-state index contributed by atoms with van der Waals surface area (Å²) in [6, 6.07) is 20.3. The Balaban J connectivity index is 1.23. The largest absolute Gasteiger partial charge is 0.334 e. The molecule has 0 saturated carbocycles. The lowest BCUT2D eigenvalue weighted by Gasteiger charge is -2.34. The molecule has 0 atom stereocenters. The quantitative estimate of drug-likeness (QED) is 0.705. The highest BCUT2D eigenvalue weighted by Gasteiger charge is 2.20. The van der Waals surface area contributed by atoms with Crippen molar-refractivity contribution < 1.29 is 4.79 Å². The molecule has 2 aromatic carbocycles. The molecule has 1 aliphatic heterocycles. The number of aromatic nitrogens is 2. The molecule has 1 aliphatic rings. The summed E-state index contributed by atoms with van der Waals surface area (Å²) >= 11 is 0. The average Bonchev–Trinajstić information content (AvgIpc) is 3.26. The molecule has 0 unspecified atom stereocenters. The Bertz CT molecular complexity index is 901. The fraction of sp³-hybridized carbons (Fsp3) is 0.304. The van der Waals surface area contributed by atoms with E-state index in [0.717, 1.165) is 56.2 Å². The fourth-order valence-corrected chi connectivity index (χ4v) is 3.65. The maximum absolute atomic E-state index is 12.4. The molecule has 3 aromatic rings. The van der Waals surface area contributed by atoms with Crippen molar-refractivity contribution in [3.63, 3.8) is 0 Å². The fourth-order valence-electron chi connectivity index (χ4n) is 3.65. The van der Waals surface area contributed by atoms with E-state index in [4.69, 9.17) is 0 Å². The normalized spacial score (nSPS) is 14.7. The van der Waals surface area contributed by atoms with E-state index in [-0.39, 0.29) is 6.03 Å². The van der Waals surface area contributed by atoms with Crippen molar-refractivity contribution in [2.45, 2.75) is 13.1 Å². The van der Waals surface area contributed by atoms with Gasteiger partial charge in [0.1, 0.15) is 5.82 Å². The molecule has 1 aromatic heterocycles. The Kier molecular flexibility index (Phi) is 6.22. The molecule has 29 heavy (non-hydrogen) atoms. The molecular formula is C23H27N5O. The molecule has 1 N–H and O–H groups in total. The lowest BCUT2D eigenvalue weighted by atomic mass is 10.2. The topological polar surface area (TPSA) is 53.4 Å². The molecule has 6 heteroatoms. The molecule has 1 saturated heterocycles. The molecule has 0 bridgehead atoms. The van der Waals surface area contributed by atoms with Crippen LogP contribution in [0.2, 0.25) is 0 Å². The van der Waals surface area contributed by atoms with Gasteiger partial charge in [0, 0.05) is 63.8 Å². The zero-order valence-corrected chi connectivity index (χ0v) is 16.6. The molecule has 150 valence electrons. The first-order chi connectivity index (χ1) is 14.3. The molecule has 2 amide bonds. The van der Waals surface area contributed by atoms with Gasteiger partial charge in [-0.15, -0.1) is 0 Å². The first-order valence-corrected chi connectivity index (χ1v) is 10.2. The van der Waals surface area contributed by atoms with Crippen LogP contribution in [0.5, 0.6) is 0 Å². The molecule has 2 heterocycles. The predicted molar refractivity (Wildman–Crippen MR) is 114 cm³/mol. The van der Waals surface area contributed by atoms with Crippen LogP contribution >= 0.6 is 0 Å². The lowest BCUT2D eigenvalue weighted by molar-refractivity contribution is 0.136. The van der Waals surface area contributed by atoms with Crippen LogP contribution in [0.3, 0.4) is 0 Å². The van der Waals surface area contributed by atoms with Crippen molar-refractivity contribution in [2.24, 2.45) is 0 Å². The standard InChI is InChI=1S/C23H27N5O/c29-23(25-19-20-7-3-1-4-8-20)28-17-14-26(15-18-28)13-16-27-12-11-24-22(27)21-9-5-2-6-10-21/h1-12H,13-19H2,(H,25,29). The average molecular weight is 390 g/mol. The maximum Gasteiger partial charge on any atom is 0.317 e. The third kappa shape index (κ3) is 5.03. The van der Waals surface area contributed by atoms with Crippen LogP contribution in [0.15, 0.2) is 73.1 Å². The number of rotatable bonds is 6. The molecule has 0 spiro atoms. The summed E-state index contributed by atoms with van der Waals surface area (Å²) in [6.07, 6.45) is 3.90. The number of benzene rings is 2. The lowest BCUT2D eigenvalue weighted by Crippen LogP contribution is -2.52. The van der Waals surface area contributed by atoms with Crippen LogP contribution in [0, 0.1) is 0 Å². The van der Waals surface area contributed by atoms with Crippen LogP contribution in [0.4, 0.5) is 4.79 Å². The minimum absolute atomic E-state index is 0.0227. The SMILES string of the molecule is O=C(NCc1ccccc1)N1CCN(CCn2ccnc2-c2ccccc2)CC1. The van der Waals surface area contributed by atoms with Gasteiger partial charge in [-0.05, 0) is 5.56 Å². The van der Waals surface area contributed by atoms with Gasteiger partial charge in [-0.1, -0.05) is 60.7 Å². The summed E-state index contributed by atoms with van der Waals surface area (Å²) < 4.78 is 2.20. The number of carbonyl (C=O) groups is 1. The van der Waals surface area contributed by atoms with Crippen LogP contribution in [-0.2, 0) is 13.1 Å². The van der Waals surface area contributed by atoms with Crippen molar-refractivity contribution in [1.82, 2.24) is 24.7 Å². The van der Waals surface area contributed by atoms with Gasteiger partial charge in [-0.25, -0.2) is 9.78 Å². The second-order valence-corrected chi connectivity index (χ2v) is 7.28. The van der Waals surface area contributed by atoms with E-state index in [9.17, 15) is 4.79 Å². The van der Waals surface area contributed by atoms with E-state index in [1.807, 2.05) is 65.8 Å². The molecule has 0 radical (unpaired) electrons. The van der Waals surface area contributed by atoms with Gasteiger partial charge in [0.05, 0.1) is 0 Å². The molecule has 4 rings (SSSR count). The van der Waals surface area contributed by atoms with Crippen molar-refractivity contribution >= 4 is 6.03 Å². The minimum atomic E-state index is 0.0227. The second-order valence-electron chi connectivity index (χ2n) is 7.28. The van der Waals surface area contributed by atoms with Gasteiger partial charge in [0.2, 0.25) is 0 Å². The Hall–Kier alpha value is -3.12. The Morgan fingerprint density at radius 2 is 1.59 bits per heavy atom. The van der Waals surface area contributed by atoms with E-state index in [1.54, 1.807) is 0 Å². The summed E-state index contributed by atoms with van der Waals surface area (Å²) in [5.74, 6) is 1.00. The van der Waals surface area contributed by atoms with Crippen molar-refractivity contribution in [1.29, 1.82) is 0 Å². The van der Waals surface area contributed by atoms with E-state index in [1.165, 1.54) is 0 Å². The number of amides is 2. The Morgan fingerprint density at radius 3 is 2.31 bits per heavy atom. The van der Waals surface area contributed by atoms with E-state index in [0.29, 0.717) is 6.54 Å². The van der Waals surface area contributed by atoms with Crippen LogP contribution in [0.25, 0.3) is 11.4 Å². The number of urea groups is 1. The van der Waals surface area contributed by atoms with Crippen molar-refractivity contribution in [3.05, 3.63) is 78.6 Å². The third-order valence-corrected chi connectivity index (χ3v) is 5.35. The summed E-state index contributed by atoms with van der Waals surface area (Å²) in [6.45, 7) is 5.73. The van der Waals surface area contributed by atoms with Gasteiger partial charge in [0.15, 0.2) is 0 Å². The van der Waals surface area contributed by atoms with Crippen LogP contribution in [0.1, 0.15) is 5.56 Å². The molecular weight excluding hydrogens is 362 g/mol. The van der Waals surface area contributed by atoms with Crippen LogP contribution < -0.4 is 5.32 Å². The van der Waals surface area contributed by atoms with Crippen molar-refractivity contribution in [3.8, 4) is 11.4 Å². The maximum atomic E-state index is 12.4. The number of carbonyl (C=O) groups excluding carboxylic acids is 1. The zero-order valence-electron chi connectivity index (χ0n) is 16.6. The summed E-state index contributed by atoms with van der Waals surface area (Å²) in [5, 5.41) is 3.02. The first-order valence-electron chi connectivity index (χ1n) is 10.2. The number of nitrogens with one attached hydrogen (secondary N) is 1. The van der Waals surface area contributed by atoms with E-state index >= 15 is 0 Å².